The minimum atomic E-state index is -3.96. The summed E-state index contributed by atoms with van der Waals surface area (Å²) >= 11 is 3.31. The summed E-state index contributed by atoms with van der Waals surface area (Å²) in [6, 6.07) is 22.5. The number of carbonyl (C=O) groups is 2. The number of rotatable bonds is 12. The van der Waals surface area contributed by atoms with Gasteiger partial charge < -0.3 is 10.1 Å². The van der Waals surface area contributed by atoms with Gasteiger partial charge in [0.25, 0.3) is 11.8 Å². The molecule has 0 unspecified atom stereocenters. The molecule has 41 heavy (non-hydrogen) atoms. The van der Waals surface area contributed by atoms with E-state index in [-0.39, 0.29) is 30.0 Å². The fraction of sp³-hybridized carbons (Fsp3) is 0.300. The molecular weight excluding hydrogens is 608 g/mol. The largest absolute Gasteiger partial charge is 0.484 e. The highest BCUT2D eigenvalue weighted by atomic mass is 79.9. The van der Waals surface area contributed by atoms with Crippen molar-refractivity contribution in [2.45, 2.75) is 49.6 Å². The van der Waals surface area contributed by atoms with Crippen LogP contribution in [0.2, 0.25) is 0 Å². The Morgan fingerprint density at radius 2 is 1.61 bits per heavy atom. The Bertz CT molecular complexity index is 1430. The van der Waals surface area contributed by atoms with Crippen LogP contribution in [0.3, 0.4) is 0 Å². The number of benzene rings is 3. The van der Waals surface area contributed by atoms with Gasteiger partial charge in [0.1, 0.15) is 5.75 Å². The number of sulfonamides is 1. The maximum atomic E-state index is 13.4. The number of ether oxygens (including phenoxy) is 1. The molecule has 2 amide bonds. The molecule has 1 saturated carbocycles. The normalized spacial score (nSPS) is 14.2. The van der Waals surface area contributed by atoms with E-state index >= 15 is 0 Å². The van der Waals surface area contributed by atoms with Crippen molar-refractivity contribution in [1.82, 2.24) is 15.0 Å². The van der Waals surface area contributed by atoms with Crippen LogP contribution in [-0.4, -0.2) is 49.9 Å². The first kappa shape index (κ1) is 30.4. The minimum Gasteiger partial charge on any atom is -0.484 e. The van der Waals surface area contributed by atoms with Gasteiger partial charge in [0.15, 0.2) is 6.61 Å². The van der Waals surface area contributed by atoms with E-state index in [0.717, 1.165) is 40.0 Å². The number of hydrazone groups is 1. The van der Waals surface area contributed by atoms with E-state index in [2.05, 4.69) is 31.8 Å². The SMILES string of the molecule is O=C(CN(Cc1ccccc1)S(=O)(=O)c1ccc(Br)cc1)N/N=C\c1ccc(OCC(=O)NC2CCCCC2)cc1. The molecule has 11 heteroatoms. The van der Waals surface area contributed by atoms with Crippen LogP contribution in [0.5, 0.6) is 5.75 Å². The van der Waals surface area contributed by atoms with Crippen molar-refractivity contribution in [3.05, 3.63) is 94.5 Å². The Morgan fingerprint density at radius 3 is 2.29 bits per heavy atom. The number of nitrogens with zero attached hydrogens (tertiary/aromatic N) is 2. The third-order valence-corrected chi connectivity index (χ3v) is 8.93. The van der Waals surface area contributed by atoms with Crippen LogP contribution >= 0.6 is 15.9 Å². The topological polar surface area (TPSA) is 117 Å². The van der Waals surface area contributed by atoms with E-state index in [9.17, 15) is 18.0 Å². The number of nitrogens with one attached hydrogen (secondary N) is 2. The van der Waals surface area contributed by atoms with Gasteiger partial charge in [-0.1, -0.05) is 65.5 Å². The molecule has 4 rings (SSSR count). The Balaban J connectivity index is 1.31. The molecule has 0 spiro atoms. The third-order valence-electron chi connectivity index (χ3n) is 6.60. The molecule has 0 aromatic heterocycles. The monoisotopic (exact) mass is 640 g/mol. The van der Waals surface area contributed by atoms with E-state index in [1.165, 1.54) is 24.8 Å². The Labute approximate surface area is 249 Å². The van der Waals surface area contributed by atoms with Crippen LogP contribution in [0.4, 0.5) is 0 Å². The molecule has 9 nitrogen and oxygen atoms in total. The first-order chi connectivity index (χ1) is 19.8. The second-order valence-corrected chi connectivity index (χ2v) is 12.6. The second-order valence-electron chi connectivity index (χ2n) is 9.77. The van der Waals surface area contributed by atoms with Gasteiger partial charge in [-0.05, 0) is 72.5 Å². The summed E-state index contributed by atoms with van der Waals surface area (Å²) in [6.45, 7) is -0.445. The average Bonchev–Trinajstić information content (AvgIpc) is 2.98. The predicted molar refractivity (Wildman–Crippen MR) is 161 cm³/mol. The van der Waals surface area contributed by atoms with Crippen molar-refractivity contribution >= 4 is 44.0 Å². The van der Waals surface area contributed by atoms with Gasteiger partial charge in [0.05, 0.1) is 17.7 Å². The number of halogens is 1. The van der Waals surface area contributed by atoms with Crippen LogP contribution in [0, 0.1) is 0 Å². The van der Waals surface area contributed by atoms with E-state index < -0.39 is 22.5 Å². The first-order valence-corrected chi connectivity index (χ1v) is 15.7. The molecule has 1 aliphatic carbocycles. The average molecular weight is 642 g/mol. The zero-order valence-corrected chi connectivity index (χ0v) is 24.9. The standard InChI is InChI=1S/C30H33BrN4O5S/c31-25-13-17-28(18-14-25)41(38,39)35(20-24-7-3-1-4-8-24)21-29(36)34-32-19-23-11-15-27(16-12-23)40-22-30(37)33-26-9-5-2-6-10-26/h1,3-4,7-8,11-19,26H,2,5-6,9-10,20-22H2,(H,33,37)(H,34,36)/b32-19-. The van der Waals surface area contributed by atoms with Gasteiger partial charge in [0, 0.05) is 17.1 Å². The van der Waals surface area contributed by atoms with Crippen LogP contribution in [0.15, 0.2) is 93.3 Å². The van der Waals surface area contributed by atoms with E-state index in [4.69, 9.17) is 4.74 Å². The third kappa shape index (κ3) is 9.51. The van der Waals surface area contributed by atoms with Crippen LogP contribution in [-0.2, 0) is 26.2 Å². The predicted octanol–water partition coefficient (Wildman–Crippen LogP) is 4.62. The highest BCUT2D eigenvalue weighted by Crippen LogP contribution is 2.21. The summed E-state index contributed by atoms with van der Waals surface area (Å²) < 4.78 is 34.2. The van der Waals surface area contributed by atoms with Crippen molar-refractivity contribution in [3.63, 3.8) is 0 Å². The smallest absolute Gasteiger partial charge is 0.258 e. The molecule has 1 fully saturated rings. The Morgan fingerprint density at radius 1 is 0.927 bits per heavy atom. The molecule has 3 aromatic rings. The molecule has 0 radical (unpaired) electrons. The summed E-state index contributed by atoms with van der Waals surface area (Å²) in [5, 5.41) is 7.00. The number of amides is 2. The highest BCUT2D eigenvalue weighted by molar-refractivity contribution is 9.10. The summed E-state index contributed by atoms with van der Waals surface area (Å²) in [5.74, 6) is -0.171. The molecule has 2 N–H and O–H groups in total. The fourth-order valence-corrected chi connectivity index (χ4v) is 6.11. The lowest BCUT2D eigenvalue weighted by molar-refractivity contribution is -0.124. The molecule has 3 aromatic carbocycles. The summed E-state index contributed by atoms with van der Waals surface area (Å²) in [6.07, 6.45) is 7.00. The molecule has 1 aliphatic rings. The van der Waals surface area contributed by atoms with E-state index in [1.54, 1.807) is 48.5 Å². The van der Waals surface area contributed by atoms with Crippen molar-refractivity contribution in [3.8, 4) is 5.75 Å². The van der Waals surface area contributed by atoms with Gasteiger partial charge in [0.2, 0.25) is 10.0 Å². The highest BCUT2D eigenvalue weighted by Gasteiger charge is 2.27. The summed E-state index contributed by atoms with van der Waals surface area (Å²) in [7, 11) is -3.96. The van der Waals surface area contributed by atoms with Crippen LogP contribution < -0.4 is 15.5 Å². The van der Waals surface area contributed by atoms with Crippen molar-refractivity contribution in [1.29, 1.82) is 0 Å². The number of hydrogen-bond acceptors (Lipinski definition) is 6. The second kappa shape index (κ2) is 14.9. The van der Waals surface area contributed by atoms with Gasteiger partial charge in [-0.3, -0.25) is 9.59 Å². The molecule has 0 saturated heterocycles. The number of carbonyl (C=O) groups excluding carboxylic acids is 2. The lowest BCUT2D eigenvalue weighted by Crippen LogP contribution is -2.39. The molecule has 0 heterocycles. The quantitative estimate of drug-likeness (QED) is 0.221. The molecule has 0 bridgehead atoms. The van der Waals surface area contributed by atoms with Crippen molar-refractivity contribution in [2.75, 3.05) is 13.2 Å². The summed E-state index contributed by atoms with van der Waals surface area (Å²) in [4.78, 5) is 25.0. The zero-order valence-electron chi connectivity index (χ0n) is 22.5. The van der Waals surface area contributed by atoms with Crippen molar-refractivity contribution in [2.24, 2.45) is 5.10 Å². The van der Waals surface area contributed by atoms with Gasteiger partial charge in [-0.15, -0.1) is 0 Å². The molecule has 0 aliphatic heterocycles. The Kier molecular flexibility index (Phi) is 11.1. The van der Waals surface area contributed by atoms with E-state index in [0.29, 0.717) is 11.3 Å². The number of hydrogen-bond donors (Lipinski definition) is 2. The van der Waals surface area contributed by atoms with E-state index in [1.807, 2.05) is 18.2 Å². The molecular formula is C30H33BrN4O5S. The first-order valence-electron chi connectivity index (χ1n) is 13.4. The maximum Gasteiger partial charge on any atom is 0.258 e. The Hall–Kier alpha value is -3.54. The molecule has 216 valence electrons. The lowest BCUT2D eigenvalue weighted by atomic mass is 9.95. The zero-order chi connectivity index (χ0) is 29.1. The summed E-state index contributed by atoms with van der Waals surface area (Å²) in [5.41, 5.74) is 3.84. The van der Waals surface area contributed by atoms with Gasteiger partial charge >= 0.3 is 0 Å². The van der Waals surface area contributed by atoms with Crippen LogP contribution in [0.25, 0.3) is 0 Å². The minimum absolute atomic E-state index is 0.0243. The maximum absolute atomic E-state index is 13.4. The van der Waals surface area contributed by atoms with Gasteiger partial charge in [-0.25, -0.2) is 13.8 Å². The fourth-order valence-electron chi connectivity index (χ4n) is 4.46. The van der Waals surface area contributed by atoms with Crippen molar-refractivity contribution < 1.29 is 22.7 Å². The molecule has 0 atom stereocenters. The van der Waals surface area contributed by atoms with Gasteiger partial charge in [-0.2, -0.15) is 9.41 Å². The van der Waals surface area contributed by atoms with Crippen LogP contribution in [0.1, 0.15) is 43.2 Å². The lowest BCUT2D eigenvalue weighted by Gasteiger charge is -2.22.